The minimum atomic E-state index is -0.294. The summed E-state index contributed by atoms with van der Waals surface area (Å²) >= 11 is 0. The van der Waals surface area contributed by atoms with Gasteiger partial charge in [-0.1, -0.05) is 6.07 Å². The molecule has 6 heteroatoms. The van der Waals surface area contributed by atoms with Crippen LogP contribution in [0.25, 0.3) is 5.82 Å². The Hall–Kier alpha value is -2.11. The molecule has 0 saturated heterocycles. The van der Waals surface area contributed by atoms with Gasteiger partial charge in [-0.3, -0.25) is 0 Å². The van der Waals surface area contributed by atoms with Crippen LogP contribution in [0.2, 0.25) is 0 Å². The molecule has 94 valence electrons. The largest absolute Gasteiger partial charge is 0.353 e. The van der Waals surface area contributed by atoms with Crippen LogP contribution in [0.4, 0.5) is 0 Å². The summed E-state index contributed by atoms with van der Waals surface area (Å²) in [6, 6.07) is 1.92. The molecule has 0 atom stereocenters. The lowest BCUT2D eigenvalue weighted by molar-refractivity contribution is 0.580. The van der Waals surface area contributed by atoms with Gasteiger partial charge < -0.3 is 0 Å². The Kier molecular flexibility index (Phi) is 2.26. The Bertz CT molecular complexity index is 700. The third-order valence-corrected chi connectivity index (χ3v) is 3.25. The summed E-state index contributed by atoms with van der Waals surface area (Å²) in [5.41, 5.74) is 1.25. The van der Waals surface area contributed by atoms with E-state index < -0.39 is 0 Å². The van der Waals surface area contributed by atoms with Gasteiger partial charge in [0.2, 0.25) is 0 Å². The number of nitrogens with zero attached hydrogens (tertiary/aromatic N) is 4. The Labute approximate surface area is 103 Å². The van der Waals surface area contributed by atoms with E-state index in [0.717, 1.165) is 22.1 Å². The van der Waals surface area contributed by atoms with E-state index in [1.165, 1.54) is 9.36 Å². The van der Waals surface area contributed by atoms with Gasteiger partial charge in [0.25, 0.3) is 0 Å². The van der Waals surface area contributed by atoms with Crippen LogP contribution in [0.5, 0.6) is 0 Å². The van der Waals surface area contributed by atoms with Crippen LogP contribution < -0.4 is 11.4 Å². The summed E-state index contributed by atoms with van der Waals surface area (Å²) in [6.45, 7) is 4.99. The highest BCUT2D eigenvalue weighted by molar-refractivity contribution is 5.34. The molecule has 0 bridgehead atoms. The van der Waals surface area contributed by atoms with Crippen molar-refractivity contribution in [1.29, 1.82) is 0 Å². The summed E-state index contributed by atoms with van der Waals surface area (Å²) in [5, 5.41) is 0. The highest BCUT2D eigenvalue weighted by atomic mass is 16.2. The van der Waals surface area contributed by atoms with Crippen LogP contribution in [-0.4, -0.2) is 18.9 Å². The zero-order valence-electron chi connectivity index (χ0n) is 10.4. The maximum Gasteiger partial charge on any atom is 0.353 e. The first kappa shape index (κ1) is 11.0. The third-order valence-electron chi connectivity index (χ3n) is 3.25. The van der Waals surface area contributed by atoms with Crippen LogP contribution in [0.15, 0.2) is 21.9 Å². The first-order chi connectivity index (χ1) is 8.59. The van der Waals surface area contributed by atoms with Crippen molar-refractivity contribution in [2.75, 3.05) is 0 Å². The fraction of sp³-hybridized carbons (Fsp3) is 0.417. The molecule has 2 aromatic rings. The maximum absolute atomic E-state index is 12.2. The van der Waals surface area contributed by atoms with Crippen LogP contribution >= 0.6 is 0 Å². The van der Waals surface area contributed by atoms with Crippen LogP contribution in [0.3, 0.4) is 0 Å². The molecule has 1 aliphatic rings. The molecule has 0 radical (unpaired) electrons. The molecule has 0 spiro atoms. The second-order valence-electron chi connectivity index (χ2n) is 4.65. The molecule has 0 unspecified atom stereocenters. The number of hydrogen-bond donors (Lipinski definition) is 0. The van der Waals surface area contributed by atoms with Gasteiger partial charge >= 0.3 is 11.4 Å². The van der Waals surface area contributed by atoms with Crippen molar-refractivity contribution in [3.63, 3.8) is 0 Å². The molecule has 0 fully saturated rings. The third kappa shape index (κ3) is 1.38. The summed E-state index contributed by atoms with van der Waals surface area (Å²) in [4.78, 5) is 28.6. The molecule has 0 N–H and O–H groups in total. The molecule has 3 heterocycles. The number of rotatable bonds is 1. The summed E-state index contributed by atoms with van der Waals surface area (Å²) in [6.07, 6.45) is 2.51. The molecule has 0 aliphatic carbocycles. The molecule has 0 saturated carbocycles. The fourth-order valence-electron chi connectivity index (χ4n) is 2.45. The predicted molar refractivity (Wildman–Crippen MR) is 66.2 cm³/mol. The number of hydrogen-bond acceptors (Lipinski definition) is 3. The van der Waals surface area contributed by atoms with Gasteiger partial charge in [0.15, 0.2) is 0 Å². The fourth-order valence-corrected chi connectivity index (χ4v) is 2.45. The number of fused-ring (bicyclic) bond motifs is 1. The van der Waals surface area contributed by atoms with E-state index in [9.17, 15) is 9.59 Å². The quantitative estimate of drug-likeness (QED) is 0.723. The highest BCUT2D eigenvalue weighted by Crippen LogP contribution is 2.10. The Morgan fingerprint density at radius 3 is 2.28 bits per heavy atom. The smallest absolute Gasteiger partial charge is 0.245 e. The topological polar surface area (TPSA) is 61.8 Å². The lowest BCUT2D eigenvalue weighted by atomic mass is 10.2. The molecular formula is C12H14N4O2. The van der Waals surface area contributed by atoms with Crippen molar-refractivity contribution in [2.45, 2.75) is 33.4 Å². The van der Waals surface area contributed by atoms with Gasteiger partial charge in [0.05, 0.1) is 0 Å². The van der Waals surface area contributed by atoms with Crippen LogP contribution in [0, 0.1) is 13.8 Å². The number of aryl methyl sites for hydroxylation is 2. The average molecular weight is 246 g/mol. The molecule has 0 aromatic carbocycles. The SMILES string of the molecule is Cc1cnc(-n2c(=O)n3n(c2=O)CCC3)c(C)c1. The van der Waals surface area contributed by atoms with Gasteiger partial charge in [-0.2, -0.15) is 4.57 Å². The van der Waals surface area contributed by atoms with E-state index >= 15 is 0 Å². The molecule has 2 aromatic heterocycles. The van der Waals surface area contributed by atoms with E-state index in [1.54, 1.807) is 6.20 Å². The Morgan fingerprint density at radius 1 is 1.11 bits per heavy atom. The summed E-state index contributed by atoms with van der Waals surface area (Å²) in [5.74, 6) is 0.435. The highest BCUT2D eigenvalue weighted by Gasteiger charge is 2.22. The van der Waals surface area contributed by atoms with E-state index in [1.807, 2.05) is 19.9 Å². The minimum Gasteiger partial charge on any atom is -0.245 e. The zero-order valence-corrected chi connectivity index (χ0v) is 10.4. The van der Waals surface area contributed by atoms with Crippen molar-refractivity contribution >= 4 is 0 Å². The first-order valence-corrected chi connectivity index (χ1v) is 5.96. The average Bonchev–Trinajstić information content (AvgIpc) is 2.87. The number of pyridine rings is 1. The molecule has 18 heavy (non-hydrogen) atoms. The summed E-state index contributed by atoms with van der Waals surface area (Å²) < 4.78 is 4.14. The number of aromatic nitrogens is 4. The van der Waals surface area contributed by atoms with Crippen molar-refractivity contribution in [2.24, 2.45) is 0 Å². The van der Waals surface area contributed by atoms with Crippen molar-refractivity contribution < 1.29 is 0 Å². The van der Waals surface area contributed by atoms with Crippen molar-refractivity contribution in [1.82, 2.24) is 18.9 Å². The zero-order chi connectivity index (χ0) is 12.9. The normalized spacial score (nSPS) is 13.9. The minimum absolute atomic E-state index is 0.294. The second-order valence-corrected chi connectivity index (χ2v) is 4.65. The lowest BCUT2D eigenvalue weighted by Crippen LogP contribution is -2.29. The van der Waals surface area contributed by atoms with Gasteiger partial charge in [-0.05, 0) is 31.4 Å². The van der Waals surface area contributed by atoms with Gasteiger partial charge in [0.1, 0.15) is 5.82 Å². The first-order valence-electron chi connectivity index (χ1n) is 5.96. The van der Waals surface area contributed by atoms with Crippen molar-refractivity contribution in [3.05, 3.63) is 44.4 Å². The molecular weight excluding hydrogens is 232 g/mol. The van der Waals surface area contributed by atoms with Crippen LogP contribution in [-0.2, 0) is 13.1 Å². The van der Waals surface area contributed by atoms with Gasteiger partial charge in [0, 0.05) is 19.3 Å². The van der Waals surface area contributed by atoms with E-state index in [-0.39, 0.29) is 11.4 Å². The van der Waals surface area contributed by atoms with Gasteiger partial charge in [-0.25, -0.2) is 23.9 Å². The standard InChI is InChI=1S/C12H14N4O2/c1-8-6-9(2)10(13-7-8)16-11(17)14-4-3-5-15(14)12(16)18/h6-7H,3-5H2,1-2H3. The lowest BCUT2D eigenvalue weighted by Gasteiger charge is -2.04. The summed E-state index contributed by atoms with van der Waals surface area (Å²) in [7, 11) is 0. The Morgan fingerprint density at radius 2 is 1.72 bits per heavy atom. The monoisotopic (exact) mass is 246 g/mol. The maximum atomic E-state index is 12.2. The van der Waals surface area contributed by atoms with Crippen molar-refractivity contribution in [3.8, 4) is 5.82 Å². The predicted octanol–water partition coefficient (Wildman–Crippen LogP) is 0.216. The molecule has 3 rings (SSSR count). The van der Waals surface area contributed by atoms with E-state index in [2.05, 4.69) is 4.98 Å². The van der Waals surface area contributed by atoms with E-state index in [0.29, 0.717) is 18.9 Å². The van der Waals surface area contributed by atoms with E-state index in [4.69, 9.17) is 0 Å². The Balaban J connectivity index is 2.31. The van der Waals surface area contributed by atoms with Crippen LogP contribution in [0.1, 0.15) is 17.5 Å². The second kappa shape index (κ2) is 3.69. The molecule has 1 aliphatic heterocycles. The molecule has 0 amide bonds. The molecule has 6 nitrogen and oxygen atoms in total. The van der Waals surface area contributed by atoms with Gasteiger partial charge in [-0.15, -0.1) is 0 Å².